The van der Waals surface area contributed by atoms with Crippen molar-refractivity contribution in [2.24, 2.45) is 0 Å². The molecule has 1 atom stereocenters. The third-order valence-electron chi connectivity index (χ3n) is 3.11. The van der Waals surface area contributed by atoms with E-state index in [0.717, 1.165) is 6.04 Å². The van der Waals surface area contributed by atoms with Gasteiger partial charge in [0.05, 0.1) is 0 Å². The zero-order valence-electron chi connectivity index (χ0n) is 10.7. The van der Waals surface area contributed by atoms with Crippen LogP contribution in [0.1, 0.15) is 65.2 Å². The van der Waals surface area contributed by atoms with Crippen LogP contribution in [0.25, 0.3) is 0 Å². The summed E-state index contributed by atoms with van der Waals surface area (Å²) in [5.74, 6) is 0. The summed E-state index contributed by atoms with van der Waals surface area (Å²) in [7, 11) is 4.35. The van der Waals surface area contributed by atoms with Gasteiger partial charge in [-0.05, 0) is 27.4 Å². The van der Waals surface area contributed by atoms with Crippen molar-refractivity contribution in [2.45, 2.75) is 71.3 Å². The molecule has 0 bridgehead atoms. The van der Waals surface area contributed by atoms with Gasteiger partial charge in [0.25, 0.3) is 0 Å². The first-order valence-electron chi connectivity index (χ1n) is 6.35. The van der Waals surface area contributed by atoms with Crippen molar-refractivity contribution in [3.8, 4) is 0 Å². The fourth-order valence-electron chi connectivity index (χ4n) is 1.66. The number of hydrogen-bond acceptors (Lipinski definition) is 1. The second kappa shape index (κ2) is 9.51. The van der Waals surface area contributed by atoms with E-state index in [1.165, 1.54) is 51.4 Å². The third kappa shape index (κ3) is 8.55. The van der Waals surface area contributed by atoms with Crippen LogP contribution in [0.3, 0.4) is 0 Å². The van der Waals surface area contributed by atoms with Gasteiger partial charge in [0.1, 0.15) is 0 Å². The van der Waals surface area contributed by atoms with Crippen molar-refractivity contribution >= 4 is 0 Å². The van der Waals surface area contributed by atoms with Crippen LogP contribution in [0.5, 0.6) is 0 Å². The molecule has 0 heterocycles. The van der Waals surface area contributed by atoms with Crippen molar-refractivity contribution in [3.05, 3.63) is 0 Å². The van der Waals surface area contributed by atoms with Crippen molar-refractivity contribution < 1.29 is 0 Å². The smallest absolute Gasteiger partial charge is 0.00608 e. The molecule has 0 saturated carbocycles. The molecule has 0 fully saturated rings. The zero-order valence-corrected chi connectivity index (χ0v) is 10.7. The van der Waals surface area contributed by atoms with Crippen molar-refractivity contribution in [1.82, 2.24) is 4.90 Å². The monoisotopic (exact) mass is 199 g/mol. The Hall–Kier alpha value is -0.0400. The Morgan fingerprint density at radius 3 is 1.86 bits per heavy atom. The van der Waals surface area contributed by atoms with E-state index in [0.29, 0.717) is 0 Å². The second-order valence-electron chi connectivity index (χ2n) is 4.72. The molecule has 0 aliphatic rings. The van der Waals surface area contributed by atoms with Gasteiger partial charge in [-0.2, -0.15) is 0 Å². The van der Waals surface area contributed by atoms with Crippen LogP contribution in [0.15, 0.2) is 0 Å². The molecule has 0 aromatic rings. The minimum atomic E-state index is 0.755. The highest BCUT2D eigenvalue weighted by molar-refractivity contribution is 4.59. The Bertz CT molecular complexity index is 110. The molecular weight excluding hydrogens is 170 g/mol. The maximum Gasteiger partial charge on any atom is 0.00608 e. The molecule has 14 heavy (non-hydrogen) atoms. The highest BCUT2D eigenvalue weighted by Crippen LogP contribution is 2.10. The van der Waals surface area contributed by atoms with Crippen LogP contribution in [0.4, 0.5) is 0 Å². The van der Waals surface area contributed by atoms with Crippen LogP contribution >= 0.6 is 0 Å². The van der Waals surface area contributed by atoms with Crippen LogP contribution in [-0.2, 0) is 0 Å². The number of rotatable bonds is 9. The van der Waals surface area contributed by atoms with E-state index >= 15 is 0 Å². The minimum absolute atomic E-state index is 0.755. The quantitative estimate of drug-likeness (QED) is 0.506. The molecule has 0 aliphatic heterocycles. The average molecular weight is 199 g/mol. The lowest BCUT2D eigenvalue weighted by atomic mass is 10.1. The van der Waals surface area contributed by atoms with E-state index in [2.05, 4.69) is 32.8 Å². The molecule has 0 radical (unpaired) electrons. The molecule has 0 N–H and O–H groups in total. The van der Waals surface area contributed by atoms with Crippen molar-refractivity contribution in [3.63, 3.8) is 0 Å². The summed E-state index contributed by atoms with van der Waals surface area (Å²) in [6, 6.07) is 0.755. The number of nitrogens with zero attached hydrogens (tertiary/aromatic N) is 1. The summed E-state index contributed by atoms with van der Waals surface area (Å²) in [5.41, 5.74) is 0. The van der Waals surface area contributed by atoms with Crippen LogP contribution in [-0.4, -0.2) is 25.0 Å². The van der Waals surface area contributed by atoms with Crippen LogP contribution in [0, 0.1) is 0 Å². The maximum atomic E-state index is 2.32. The van der Waals surface area contributed by atoms with Gasteiger partial charge in [-0.15, -0.1) is 0 Å². The summed E-state index contributed by atoms with van der Waals surface area (Å²) in [6.45, 7) is 4.59. The van der Waals surface area contributed by atoms with Gasteiger partial charge in [-0.25, -0.2) is 0 Å². The topological polar surface area (TPSA) is 3.24 Å². The van der Waals surface area contributed by atoms with Crippen LogP contribution < -0.4 is 0 Å². The van der Waals surface area contributed by atoms with Crippen LogP contribution in [0.2, 0.25) is 0 Å². The fourth-order valence-corrected chi connectivity index (χ4v) is 1.66. The lowest BCUT2D eigenvalue weighted by Crippen LogP contribution is -2.24. The van der Waals surface area contributed by atoms with Gasteiger partial charge in [0.2, 0.25) is 0 Å². The Balaban J connectivity index is 3.06. The summed E-state index contributed by atoms with van der Waals surface area (Å²) >= 11 is 0. The lowest BCUT2D eigenvalue weighted by molar-refractivity contribution is 0.291. The largest absolute Gasteiger partial charge is 0.307 e. The Morgan fingerprint density at radius 1 is 0.857 bits per heavy atom. The number of unbranched alkanes of at least 4 members (excludes halogenated alkanes) is 6. The molecule has 0 rings (SSSR count). The van der Waals surface area contributed by atoms with E-state index in [4.69, 9.17) is 0 Å². The SMILES string of the molecule is CCCCCCCCC[C@H](C)N(C)C. The molecule has 0 aliphatic carbocycles. The molecule has 0 aromatic heterocycles. The normalized spacial score (nSPS) is 13.5. The first-order chi connectivity index (χ1) is 6.68. The van der Waals surface area contributed by atoms with Gasteiger partial charge in [0, 0.05) is 6.04 Å². The van der Waals surface area contributed by atoms with E-state index < -0.39 is 0 Å². The standard InChI is InChI=1S/C13H29N/c1-5-6-7-8-9-10-11-12-13(2)14(3)4/h13H,5-12H2,1-4H3/t13-/m0/s1. The second-order valence-corrected chi connectivity index (χ2v) is 4.72. The summed E-state index contributed by atoms with van der Waals surface area (Å²) < 4.78 is 0. The highest BCUT2D eigenvalue weighted by atomic mass is 15.1. The molecule has 0 amide bonds. The Morgan fingerprint density at radius 2 is 1.36 bits per heavy atom. The summed E-state index contributed by atoms with van der Waals surface area (Å²) in [4.78, 5) is 2.32. The minimum Gasteiger partial charge on any atom is -0.307 e. The highest BCUT2D eigenvalue weighted by Gasteiger charge is 2.02. The summed E-state index contributed by atoms with van der Waals surface area (Å²) in [5, 5.41) is 0. The van der Waals surface area contributed by atoms with Gasteiger partial charge in [-0.3, -0.25) is 0 Å². The average Bonchev–Trinajstić information content (AvgIpc) is 2.16. The summed E-state index contributed by atoms with van der Waals surface area (Å²) in [6.07, 6.45) is 11.3. The van der Waals surface area contributed by atoms with E-state index in [9.17, 15) is 0 Å². The Kier molecular flexibility index (Phi) is 9.49. The Labute approximate surface area is 90.9 Å². The van der Waals surface area contributed by atoms with Crippen molar-refractivity contribution in [1.29, 1.82) is 0 Å². The van der Waals surface area contributed by atoms with Gasteiger partial charge in [-0.1, -0.05) is 51.9 Å². The molecule has 1 heteroatoms. The zero-order chi connectivity index (χ0) is 10.8. The van der Waals surface area contributed by atoms with Gasteiger partial charge in [0.15, 0.2) is 0 Å². The number of hydrogen-bond donors (Lipinski definition) is 0. The predicted molar refractivity (Wildman–Crippen MR) is 65.8 cm³/mol. The molecule has 0 aromatic carbocycles. The van der Waals surface area contributed by atoms with E-state index in [1.54, 1.807) is 0 Å². The maximum absolute atomic E-state index is 2.32. The molecule has 1 nitrogen and oxygen atoms in total. The molecule has 86 valence electrons. The lowest BCUT2D eigenvalue weighted by Gasteiger charge is -2.19. The van der Waals surface area contributed by atoms with E-state index in [-0.39, 0.29) is 0 Å². The fraction of sp³-hybridized carbons (Fsp3) is 1.00. The predicted octanol–water partition coefficient (Wildman–Crippen LogP) is 4.08. The molecule has 0 unspecified atom stereocenters. The molecular formula is C13H29N. The van der Waals surface area contributed by atoms with E-state index in [1.807, 2.05) is 0 Å². The first kappa shape index (κ1) is 14.0. The van der Waals surface area contributed by atoms with Gasteiger partial charge < -0.3 is 4.90 Å². The van der Waals surface area contributed by atoms with Crippen molar-refractivity contribution in [2.75, 3.05) is 14.1 Å². The first-order valence-corrected chi connectivity index (χ1v) is 6.35. The molecule has 0 spiro atoms. The molecule has 0 saturated heterocycles. The van der Waals surface area contributed by atoms with Gasteiger partial charge >= 0.3 is 0 Å². The third-order valence-corrected chi connectivity index (χ3v) is 3.11.